The summed E-state index contributed by atoms with van der Waals surface area (Å²) >= 11 is 6.28. The third-order valence-corrected chi connectivity index (χ3v) is 6.29. The molecule has 8 nitrogen and oxygen atoms in total. The van der Waals surface area contributed by atoms with Gasteiger partial charge in [-0.3, -0.25) is 4.79 Å². The van der Waals surface area contributed by atoms with Crippen molar-refractivity contribution < 1.29 is 14.3 Å². The van der Waals surface area contributed by atoms with E-state index < -0.39 is 6.04 Å². The number of fused-ring (bicyclic) bond motifs is 1. The molecule has 36 heavy (non-hydrogen) atoms. The third-order valence-electron chi connectivity index (χ3n) is 5.92. The molecule has 1 amide bonds. The van der Waals surface area contributed by atoms with Crippen molar-refractivity contribution in [3.05, 3.63) is 107 Å². The van der Waals surface area contributed by atoms with Crippen molar-refractivity contribution in [1.82, 2.24) is 14.8 Å². The Kier molecular flexibility index (Phi) is 6.60. The fourth-order valence-corrected chi connectivity index (χ4v) is 4.37. The van der Waals surface area contributed by atoms with E-state index in [-0.39, 0.29) is 5.91 Å². The summed E-state index contributed by atoms with van der Waals surface area (Å²) in [4.78, 5) is 17.9. The van der Waals surface area contributed by atoms with Gasteiger partial charge in [-0.1, -0.05) is 54.1 Å². The minimum absolute atomic E-state index is 0.280. The maximum atomic E-state index is 13.6. The Balaban J connectivity index is 1.48. The molecule has 1 aliphatic heterocycles. The first-order chi connectivity index (χ1) is 17.5. The molecular weight excluding hydrogens is 478 g/mol. The van der Waals surface area contributed by atoms with E-state index in [0.29, 0.717) is 46.0 Å². The van der Waals surface area contributed by atoms with E-state index >= 15 is 0 Å². The molecule has 182 valence electrons. The van der Waals surface area contributed by atoms with Crippen molar-refractivity contribution in [1.29, 1.82) is 0 Å². The number of rotatable bonds is 7. The maximum absolute atomic E-state index is 13.6. The molecule has 0 saturated heterocycles. The van der Waals surface area contributed by atoms with E-state index in [4.69, 9.17) is 21.1 Å². The molecule has 2 heterocycles. The van der Waals surface area contributed by atoms with Gasteiger partial charge in [0.05, 0.1) is 18.4 Å². The second-order valence-electron chi connectivity index (χ2n) is 8.20. The monoisotopic (exact) mass is 501 g/mol. The summed E-state index contributed by atoms with van der Waals surface area (Å²) in [7, 11) is 1.57. The van der Waals surface area contributed by atoms with Crippen molar-refractivity contribution in [2.24, 2.45) is 0 Å². The molecule has 0 fully saturated rings. The SMILES string of the molecule is COc1ccccc1NC(=O)C1=C(C)Nc2ncnn2[C@H]1c1cccc(OCc2ccccc2Cl)c1. The first kappa shape index (κ1) is 23.4. The molecule has 3 aromatic carbocycles. The number of anilines is 2. The van der Waals surface area contributed by atoms with E-state index in [1.165, 1.54) is 6.33 Å². The van der Waals surface area contributed by atoms with Gasteiger partial charge in [-0.15, -0.1) is 0 Å². The first-order valence-electron chi connectivity index (χ1n) is 11.3. The largest absolute Gasteiger partial charge is 0.495 e. The highest BCUT2D eigenvalue weighted by atomic mass is 35.5. The summed E-state index contributed by atoms with van der Waals surface area (Å²) < 4.78 is 13.1. The molecule has 1 aromatic heterocycles. The van der Waals surface area contributed by atoms with Crippen molar-refractivity contribution >= 4 is 29.1 Å². The summed E-state index contributed by atoms with van der Waals surface area (Å²) in [5.74, 6) is 1.49. The number of para-hydroxylation sites is 2. The highest BCUT2D eigenvalue weighted by Crippen LogP contribution is 2.37. The molecule has 0 aliphatic carbocycles. The van der Waals surface area contributed by atoms with Crippen LogP contribution < -0.4 is 20.1 Å². The van der Waals surface area contributed by atoms with E-state index in [9.17, 15) is 4.79 Å². The molecule has 0 radical (unpaired) electrons. The molecule has 9 heteroatoms. The summed E-state index contributed by atoms with van der Waals surface area (Å²) in [5.41, 5.74) is 3.46. The second kappa shape index (κ2) is 10.1. The standard InChI is InChI=1S/C27H24ClN5O3/c1-17-24(26(34)32-22-12-5-6-13-23(22)35-2)25(33-27(31-17)29-16-30-33)18-9-7-10-20(14-18)36-15-19-8-3-4-11-21(19)28/h3-14,16,25H,15H2,1-2H3,(H,32,34)(H,29,30,31)/t25-/m0/s1. The van der Waals surface area contributed by atoms with Crippen molar-refractivity contribution in [2.45, 2.75) is 19.6 Å². The van der Waals surface area contributed by atoms with Crippen molar-refractivity contribution in [2.75, 3.05) is 17.7 Å². The van der Waals surface area contributed by atoms with E-state index in [1.54, 1.807) is 23.9 Å². The first-order valence-corrected chi connectivity index (χ1v) is 11.7. The highest BCUT2D eigenvalue weighted by Gasteiger charge is 2.34. The predicted octanol–water partition coefficient (Wildman–Crippen LogP) is 5.45. The van der Waals surface area contributed by atoms with Gasteiger partial charge in [0, 0.05) is 16.3 Å². The predicted molar refractivity (Wildman–Crippen MR) is 138 cm³/mol. The number of benzene rings is 3. The molecule has 0 unspecified atom stereocenters. The van der Waals surface area contributed by atoms with Crippen LogP contribution in [0.25, 0.3) is 0 Å². The van der Waals surface area contributed by atoms with Crippen LogP contribution in [0.4, 0.5) is 11.6 Å². The topological polar surface area (TPSA) is 90.3 Å². The number of hydrogen-bond acceptors (Lipinski definition) is 6. The number of nitrogens with zero attached hydrogens (tertiary/aromatic N) is 3. The lowest BCUT2D eigenvalue weighted by Gasteiger charge is -2.29. The van der Waals surface area contributed by atoms with Crippen LogP contribution in [0, 0.1) is 0 Å². The molecule has 1 atom stereocenters. The fraction of sp³-hybridized carbons (Fsp3) is 0.148. The van der Waals surface area contributed by atoms with Crippen LogP contribution in [0.3, 0.4) is 0 Å². The van der Waals surface area contributed by atoms with Crippen LogP contribution >= 0.6 is 11.6 Å². The number of allylic oxidation sites excluding steroid dienone is 1. The number of halogens is 1. The molecule has 2 N–H and O–H groups in total. The molecule has 4 aromatic rings. The molecule has 0 saturated carbocycles. The number of carbonyl (C=O) groups is 1. The second-order valence-corrected chi connectivity index (χ2v) is 8.61. The van der Waals surface area contributed by atoms with Crippen LogP contribution in [-0.2, 0) is 11.4 Å². The zero-order valence-electron chi connectivity index (χ0n) is 19.7. The zero-order chi connectivity index (χ0) is 25.1. The van der Waals surface area contributed by atoms with Crippen molar-refractivity contribution in [3.8, 4) is 11.5 Å². The normalized spacial score (nSPS) is 14.6. The van der Waals surface area contributed by atoms with Crippen molar-refractivity contribution in [3.63, 3.8) is 0 Å². The Labute approximate surface area is 213 Å². The Morgan fingerprint density at radius 3 is 2.75 bits per heavy atom. The van der Waals surface area contributed by atoms with Gasteiger partial charge in [0.25, 0.3) is 5.91 Å². The van der Waals surface area contributed by atoms with Gasteiger partial charge < -0.3 is 20.1 Å². The lowest BCUT2D eigenvalue weighted by molar-refractivity contribution is -0.113. The fourth-order valence-electron chi connectivity index (χ4n) is 4.18. The minimum atomic E-state index is -0.526. The molecule has 5 rings (SSSR count). The summed E-state index contributed by atoms with van der Waals surface area (Å²) in [6.45, 7) is 2.17. The summed E-state index contributed by atoms with van der Waals surface area (Å²) in [5, 5.41) is 11.2. The highest BCUT2D eigenvalue weighted by molar-refractivity contribution is 6.31. The van der Waals surface area contributed by atoms with Crippen LogP contribution in [0.15, 0.2) is 90.4 Å². The van der Waals surface area contributed by atoms with Gasteiger partial charge in [0.15, 0.2) is 0 Å². The Hall–Kier alpha value is -4.30. The zero-order valence-corrected chi connectivity index (χ0v) is 20.5. The molecule has 1 aliphatic rings. The number of ether oxygens (including phenoxy) is 2. The summed E-state index contributed by atoms with van der Waals surface area (Å²) in [6, 6.07) is 21.9. The lowest BCUT2D eigenvalue weighted by Crippen LogP contribution is -2.31. The summed E-state index contributed by atoms with van der Waals surface area (Å²) in [6.07, 6.45) is 1.46. The Morgan fingerprint density at radius 1 is 1.11 bits per heavy atom. The lowest BCUT2D eigenvalue weighted by atomic mass is 9.94. The van der Waals surface area contributed by atoms with Crippen LogP contribution in [0.5, 0.6) is 11.5 Å². The van der Waals surface area contributed by atoms with Gasteiger partial charge in [0.1, 0.15) is 30.5 Å². The third kappa shape index (κ3) is 4.63. The molecule has 0 spiro atoms. The Bertz CT molecular complexity index is 1450. The maximum Gasteiger partial charge on any atom is 0.255 e. The number of amides is 1. The van der Waals surface area contributed by atoms with Gasteiger partial charge in [-0.05, 0) is 42.8 Å². The average molecular weight is 502 g/mol. The number of aromatic nitrogens is 3. The van der Waals surface area contributed by atoms with Crippen LogP contribution in [-0.4, -0.2) is 27.8 Å². The average Bonchev–Trinajstić information content (AvgIpc) is 3.36. The quantitative estimate of drug-likeness (QED) is 0.350. The minimum Gasteiger partial charge on any atom is -0.495 e. The number of hydrogen-bond donors (Lipinski definition) is 2. The number of methoxy groups -OCH3 is 1. The van der Waals surface area contributed by atoms with Gasteiger partial charge >= 0.3 is 0 Å². The smallest absolute Gasteiger partial charge is 0.255 e. The molecular formula is C27H24ClN5O3. The van der Waals surface area contributed by atoms with E-state index in [2.05, 4.69) is 20.7 Å². The molecule has 0 bridgehead atoms. The van der Waals surface area contributed by atoms with Gasteiger partial charge in [0.2, 0.25) is 5.95 Å². The Morgan fingerprint density at radius 2 is 1.92 bits per heavy atom. The van der Waals surface area contributed by atoms with Gasteiger partial charge in [-0.25, -0.2) is 4.68 Å². The van der Waals surface area contributed by atoms with E-state index in [1.807, 2.05) is 67.6 Å². The van der Waals surface area contributed by atoms with Crippen LogP contribution in [0.2, 0.25) is 5.02 Å². The number of carbonyl (C=O) groups excluding carboxylic acids is 1. The van der Waals surface area contributed by atoms with Gasteiger partial charge in [-0.2, -0.15) is 10.1 Å². The number of nitrogens with one attached hydrogen (secondary N) is 2. The van der Waals surface area contributed by atoms with E-state index in [0.717, 1.165) is 11.1 Å². The van der Waals surface area contributed by atoms with Crippen LogP contribution in [0.1, 0.15) is 24.1 Å².